The van der Waals surface area contributed by atoms with Crippen molar-refractivity contribution in [3.8, 4) is 5.75 Å². The van der Waals surface area contributed by atoms with Crippen molar-refractivity contribution in [3.63, 3.8) is 0 Å². The topological polar surface area (TPSA) is 62.2 Å². The number of carbonyl (C=O) groups is 1. The Bertz CT molecular complexity index is 596. The molecular formula is C16H18N2O2. The molecule has 0 bridgehead atoms. The molecule has 1 aromatic heterocycles. The normalized spacial score (nSPS) is 11.2. The number of aromatic nitrogens is 1. The average molecular weight is 270 g/mol. The molecule has 2 N–H and O–H groups in total. The number of anilines is 1. The van der Waals surface area contributed by atoms with Gasteiger partial charge in [0.2, 0.25) is 0 Å². The molecule has 20 heavy (non-hydrogen) atoms. The third-order valence-corrected chi connectivity index (χ3v) is 3.00. The molecular weight excluding hydrogens is 252 g/mol. The van der Waals surface area contributed by atoms with Crippen LogP contribution in [0.5, 0.6) is 5.75 Å². The molecule has 1 amide bonds. The summed E-state index contributed by atoms with van der Waals surface area (Å²) in [5.41, 5.74) is 1.82. The Balaban J connectivity index is 2.11. The molecule has 0 aliphatic rings. The molecule has 0 aliphatic heterocycles. The first-order valence-electron chi connectivity index (χ1n) is 6.43. The van der Waals surface area contributed by atoms with Crippen molar-refractivity contribution in [2.24, 2.45) is 0 Å². The predicted octanol–water partition coefficient (Wildman–Crippen LogP) is 3.34. The van der Waals surface area contributed by atoms with E-state index >= 15 is 0 Å². The zero-order chi connectivity index (χ0) is 14.8. The van der Waals surface area contributed by atoms with Crippen LogP contribution in [0.25, 0.3) is 0 Å². The van der Waals surface area contributed by atoms with Crippen LogP contribution in [0.2, 0.25) is 0 Å². The fourth-order valence-corrected chi connectivity index (χ4v) is 1.77. The number of pyridine rings is 1. The molecule has 0 fully saturated rings. The lowest BCUT2D eigenvalue weighted by Crippen LogP contribution is -2.14. The summed E-state index contributed by atoms with van der Waals surface area (Å²) >= 11 is 0. The highest BCUT2D eigenvalue weighted by Gasteiger charge is 2.14. The lowest BCUT2D eigenvalue weighted by molar-refractivity contribution is 0.102. The molecule has 1 aromatic carbocycles. The predicted molar refractivity (Wildman–Crippen MR) is 79.0 cm³/mol. The van der Waals surface area contributed by atoms with Crippen LogP contribution in [0.15, 0.2) is 42.6 Å². The number of carbonyl (C=O) groups excluding carboxylic acids is 1. The van der Waals surface area contributed by atoms with Crippen LogP contribution in [-0.2, 0) is 5.41 Å². The summed E-state index contributed by atoms with van der Waals surface area (Å²) in [7, 11) is 0. The lowest BCUT2D eigenvalue weighted by Gasteiger charge is -2.19. The minimum Gasteiger partial charge on any atom is -0.506 e. The van der Waals surface area contributed by atoms with Crippen LogP contribution >= 0.6 is 0 Å². The van der Waals surface area contributed by atoms with Crippen LogP contribution in [0.4, 0.5) is 5.82 Å². The van der Waals surface area contributed by atoms with E-state index in [0.717, 1.165) is 0 Å². The van der Waals surface area contributed by atoms with Gasteiger partial charge in [-0.25, -0.2) is 4.98 Å². The standard InChI is InChI=1S/C16H18N2O2/c1-16(2,3)12-6-4-11(5-7-12)15(20)18-14-9-8-13(19)10-17-14/h4-10,19H,1-3H3,(H,17,18,20). The van der Waals surface area contributed by atoms with Gasteiger partial charge in [-0.1, -0.05) is 32.9 Å². The van der Waals surface area contributed by atoms with Gasteiger partial charge in [-0.05, 0) is 35.2 Å². The van der Waals surface area contributed by atoms with E-state index in [4.69, 9.17) is 5.11 Å². The Hall–Kier alpha value is -2.36. The van der Waals surface area contributed by atoms with E-state index in [1.807, 2.05) is 12.1 Å². The Morgan fingerprint density at radius 1 is 1.10 bits per heavy atom. The van der Waals surface area contributed by atoms with Crippen LogP contribution in [0, 0.1) is 0 Å². The summed E-state index contributed by atoms with van der Waals surface area (Å²) in [6.45, 7) is 6.38. The lowest BCUT2D eigenvalue weighted by atomic mass is 9.87. The van der Waals surface area contributed by atoms with Crippen molar-refractivity contribution in [2.75, 3.05) is 5.32 Å². The third-order valence-electron chi connectivity index (χ3n) is 3.00. The number of amides is 1. The van der Waals surface area contributed by atoms with Gasteiger partial charge in [0.1, 0.15) is 11.6 Å². The van der Waals surface area contributed by atoms with Crippen LogP contribution < -0.4 is 5.32 Å². The van der Waals surface area contributed by atoms with Gasteiger partial charge in [0.25, 0.3) is 5.91 Å². The van der Waals surface area contributed by atoms with Crippen molar-refractivity contribution in [1.82, 2.24) is 4.98 Å². The molecule has 0 saturated heterocycles. The second-order valence-electron chi connectivity index (χ2n) is 5.68. The minimum atomic E-state index is -0.219. The number of benzene rings is 1. The Morgan fingerprint density at radius 3 is 2.25 bits per heavy atom. The summed E-state index contributed by atoms with van der Waals surface area (Å²) < 4.78 is 0. The Morgan fingerprint density at radius 2 is 1.75 bits per heavy atom. The molecule has 0 saturated carbocycles. The van der Waals surface area contributed by atoms with E-state index in [2.05, 4.69) is 31.1 Å². The first-order valence-corrected chi connectivity index (χ1v) is 6.43. The first-order chi connectivity index (χ1) is 9.36. The largest absolute Gasteiger partial charge is 0.506 e. The second-order valence-corrected chi connectivity index (χ2v) is 5.68. The van der Waals surface area contributed by atoms with Gasteiger partial charge in [0, 0.05) is 5.56 Å². The number of hydrogen-bond acceptors (Lipinski definition) is 3. The minimum absolute atomic E-state index is 0.0630. The van der Waals surface area contributed by atoms with Gasteiger partial charge in [-0.2, -0.15) is 0 Å². The van der Waals surface area contributed by atoms with Gasteiger partial charge in [0.05, 0.1) is 6.20 Å². The third kappa shape index (κ3) is 3.35. The Labute approximate surface area is 118 Å². The number of aromatic hydroxyl groups is 1. The maximum atomic E-state index is 12.0. The van der Waals surface area contributed by atoms with E-state index < -0.39 is 0 Å². The number of nitrogens with one attached hydrogen (secondary N) is 1. The van der Waals surface area contributed by atoms with Gasteiger partial charge in [0.15, 0.2) is 0 Å². The smallest absolute Gasteiger partial charge is 0.256 e. The molecule has 104 valence electrons. The van der Waals surface area contributed by atoms with Crippen molar-refractivity contribution >= 4 is 11.7 Å². The van der Waals surface area contributed by atoms with Gasteiger partial charge >= 0.3 is 0 Å². The monoisotopic (exact) mass is 270 g/mol. The number of nitrogens with zero attached hydrogens (tertiary/aromatic N) is 1. The molecule has 2 aromatic rings. The van der Waals surface area contributed by atoms with E-state index in [9.17, 15) is 4.79 Å². The molecule has 0 atom stereocenters. The molecule has 1 heterocycles. The number of rotatable bonds is 2. The second kappa shape index (κ2) is 5.33. The summed E-state index contributed by atoms with van der Waals surface area (Å²) in [6.07, 6.45) is 1.29. The van der Waals surface area contributed by atoms with E-state index in [-0.39, 0.29) is 17.1 Å². The molecule has 0 radical (unpaired) electrons. The quantitative estimate of drug-likeness (QED) is 0.879. The van der Waals surface area contributed by atoms with Crippen LogP contribution in [0.1, 0.15) is 36.7 Å². The summed E-state index contributed by atoms with van der Waals surface area (Å²) in [4.78, 5) is 16.0. The van der Waals surface area contributed by atoms with E-state index in [1.165, 1.54) is 17.8 Å². The highest BCUT2D eigenvalue weighted by molar-refractivity contribution is 6.03. The maximum Gasteiger partial charge on any atom is 0.256 e. The highest BCUT2D eigenvalue weighted by atomic mass is 16.3. The SMILES string of the molecule is CC(C)(C)c1ccc(C(=O)Nc2ccc(O)cn2)cc1. The molecule has 4 heteroatoms. The number of hydrogen-bond donors (Lipinski definition) is 2. The molecule has 4 nitrogen and oxygen atoms in total. The van der Waals surface area contributed by atoms with Gasteiger partial charge in [-0.3, -0.25) is 4.79 Å². The molecule has 0 spiro atoms. The van der Waals surface area contributed by atoms with E-state index in [0.29, 0.717) is 11.4 Å². The van der Waals surface area contributed by atoms with Crippen molar-refractivity contribution in [3.05, 3.63) is 53.7 Å². The molecule has 0 aliphatic carbocycles. The average Bonchev–Trinajstić information content (AvgIpc) is 2.40. The first kappa shape index (κ1) is 14.1. The highest BCUT2D eigenvalue weighted by Crippen LogP contribution is 2.22. The summed E-state index contributed by atoms with van der Waals surface area (Å²) in [5.74, 6) is 0.258. The summed E-state index contributed by atoms with van der Waals surface area (Å²) in [6, 6.07) is 10.5. The maximum absolute atomic E-state index is 12.0. The van der Waals surface area contributed by atoms with Crippen molar-refractivity contribution in [1.29, 1.82) is 0 Å². The van der Waals surface area contributed by atoms with Crippen molar-refractivity contribution < 1.29 is 9.90 Å². The van der Waals surface area contributed by atoms with Crippen molar-refractivity contribution in [2.45, 2.75) is 26.2 Å². The van der Waals surface area contributed by atoms with E-state index in [1.54, 1.807) is 18.2 Å². The fraction of sp³-hybridized carbons (Fsp3) is 0.250. The zero-order valence-electron chi connectivity index (χ0n) is 11.8. The molecule has 0 unspecified atom stereocenters. The van der Waals surface area contributed by atoms with Gasteiger partial charge < -0.3 is 10.4 Å². The zero-order valence-corrected chi connectivity index (χ0v) is 11.8. The van der Waals surface area contributed by atoms with Crippen LogP contribution in [0.3, 0.4) is 0 Å². The van der Waals surface area contributed by atoms with Gasteiger partial charge in [-0.15, -0.1) is 0 Å². The fourth-order valence-electron chi connectivity index (χ4n) is 1.77. The van der Waals surface area contributed by atoms with Crippen LogP contribution in [-0.4, -0.2) is 16.0 Å². The molecule has 2 rings (SSSR count). The summed E-state index contributed by atoms with van der Waals surface area (Å²) in [5, 5.41) is 11.8. The Kier molecular flexibility index (Phi) is 3.74.